The minimum atomic E-state index is -1.17. The summed E-state index contributed by atoms with van der Waals surface area (Å²) in [7, 11) is 0. The first-order chi connectivity index (χ1) is 21.7. The predicted molar refractivity (Wildman–Crippen MR) is 166 cm³/mol. The SMILES string of the molecule is CCCCNC(=O)c1cccc2c1-c1ccc(NC(=O)CCCC(=O)NCCCN)cc1C2COC(=O)On1c(O)ccc1O. The van der Waals surface area contributed by atoms with Gasteiger partial charge in [-0.3, -0.25) is 19.2 Å². The number of hydrogen-bond donors (Lipinski definition) is 6. The standard InChI is InChI=1S/C32H39N5O8/c1-2-3-16-35-31(42)23-8-4-7-21-25(19-44-32(43)45-37-28(40)13-14-29(37)41)24-18-20(11-12-22(24)30(21)23)36-27(39)10-5-9-26(38)34-17-6-15-33/h4,7-8,11-14,18,25,40-41H,2-3,5-6,9-10,15-17,19,33H2,1H3,(H,34,38)(H,35,42)(H,36,39). The van der Waals surface area contributed by atoms with Crippen molar-refractivity contribution in [3.63, 3.8) is 0 Å². The Balaban J connectivity index is 1.52. The molecule has 13 heteroatoms. The molecule has 0 saturated heterocycles. The van der Waals surface area contributed by atoms with Crippen molar-refractivity contribution < 1.29 is 39.0 Å². The summed E-state index contributed by atoms with van der Waals surface area (Å²) in [5.41, 5.74) is 9.32. The van der Waals surface area contributed by atoms with E-state index in [0.717, 1.165) is 41.7 Å². The molecule has 1 aromatic heterocycles. The van der Waals surface area contributed by atoms with Crippen LogP contribution >= 0.6 is 0 Å². The highest BCUT2D eigenvalue weighted by molar-refractivity contribution is 6.04. The normalized spacial score (nSPS) is 13.0. The second kappa shape index (κ2) is 15.6. The van der Waals surface area contributed by atoms with E-state index in [1.165, 1.54) is 0 Å². The number of nitrogens with zero attached hydrogens (tertiary/aromatic N) is 1. The zero-order valence-electron chi connectivity index (χ0n) is 25.1. The highest BCUT2D eigenvalue weighted by Crippen LogP contribution is 2.47. The van der Waals surface area contributed by atoms with Crippen molar-refractivity contribution in [2.45, 2.75) is 51.4 Å². The lowest BCUT2D eigenvalue weighted by molar-refractivity contribution is -0.121. The van der Waals surface area contributed by atoms with Crippen LogP contribution in [0, 0.1) is 0 Å². The van der Waals surface area contributed by atoms with Gasteiger partial charge in [-0.1, -0.05) is 31.5 Å². The van der Waals surface area contributed by atoms with Crippen molar-refractivity contribution in [3.05, 3.63) is 65.2 Å². The van der Waals surface area contributed by atoms with Crippen molar-refractivity contribution in [2.75, 3.05) is 31.6 Å². The molecule has 1 atom stereocenters. The molecule has 0 aliphatic heterocycles. The van der Waals surface area contributed by atoms with Gasteiger partial charge in [-0.2, -0.15) is 0 Å². The summed E-state index contributed by atoms with van der Waals surface area (Å²) in [4.78, 5) is 55.2. The number of carbonyl (C=O) groups excluding carboxylic acids is 4. The monoisotopic (exact) mass is 621 g/mol. The van der Waals surface area contributed by atoms with Gasteiger partial charge in [-0.25, -0.2) is 4.79 Å². The average Bonchev–Trinajstić information content (AvgIpc) is 3.51. The molecule has 3 aromatic rings. The summed E-state index contributed by atoms with van der Waals surface area (Å²) in [5, 5.41) is 28.1. The zero-order chi connectivity index (χ0) is 32.3. The minimum Gasteiger partial charge on any atom is -0.492 e. The van der Waals surface area contributed by atoms with Crippen molar-refractivity contribution in [1.82, 2.24) is 15.4 Å². The molecule has 0 bridgehead atoms. The van der Waals surface area contributed by atoms with Gasteiger partial charge in [0.05, 0.1) is 0 Å². The van der Waals surface area contributed by atoms with E-state index in [1.54, 1.807) is 24.3 Å². The molecular formula is C32H39N5O8. The number of rotatable bonds is 15. The van der Waals surface area contributed by atoms with Gasteiger partial charge >= 0.3 is 6.16 Å². The van der Waals surface area contributed by atoms with Crippen LogP contribution in [0.1, 0.15) is 72.9 Å². The molecular weight excluding hydrogens is 582 g/mol. The van der Waals surface area contributed by atoms with E-state index in [4.69, 9.17) is 15.3 Å². The fraction of sp³-hybridized carbons (Fsp3) is 0.375. The molecule has 1 aliphatic carbocycles. The third-order valence-electron chi connectivity index (χ3n) is 7.35. The number of nitrogens with two attached hydrogens (primary N) is 1. The van der Waals surface area contributed by atoms with Gasteiger partial charge in [-0.05, 0) is 66.3 Å². The number of unbranched alkanes of at least 4 members (excludes halogenated alkanes) is 1. The van der Waals surface area contributed by atoms with E-state index in [2.05, 4.69) is 16.0 Å². The highest BCUT2D eigenvalue weighted by Gasteiger charge is 2.33. The molecule has 240 valence electrons. The molecule has 7 N–H and O–H groups in total. The van der Waals surface area contributed by atoms with E-state index in [0.29, 0.717) is 54.0 Å². The van der Waals surface area contributed by atoms with Gasteiger partial charge in [0, 0.05) is 55.2 Å². The Bertz CT molecular complexity index is 1520. The number of aromatic hydroxyl groups is 2. The smallest absolute Gasteiger partial charge is 0.492 e. The van der Waals surface area contributed by atoms with Crippen LogP contribution in [0.3, 0.4) is 0 Å². The lowest BCUT2D eigenvalue weighted by Gasteiger charge is -2.15. The summed E-state index contributed by atoms with van der Waals surface area (Å²) >= 11 is 0. The molecule has 2 aromatic carbocycles. The number of amides is 3. The Hall–Kier alpha value is -5.04. The fourth-order valence-corrected chi connectivity index (χ4v) is 5.13. The van der Waals surface area contributed by atoms with Crippen LogP contribution in [0.5, 0.6) is 11.8 Å². The maximum atomic E-state index is 13.2. The molecule has 13 nitrogen and oxygen atoms in total. The van der Waals surface area contributed by atoms with E-state index < -0.39 is 23.8 Å². The lowest BCUT2D eigenvalue weighted by Crippen LogP contribution is -2.26. The summed E-state index contributed by atoms with van der Waals surface area (Å²) in [5.74, 6) is -2.13. The van der Waals surface area contributed by atoms with Crippen LogP contribution in [0.15, 0.2) is 48.5 Å². The first-order valence-electron chi connectivity index (χ1n) is 15.0. The Morgan fingerprint density at radius 1 is 0.889 bits per heavy atom. The molecule has 1 heterocycles. The number of nitrogens with one attached hydrogen (secondary N) is 3. The van der Waals surface area contributed by atoms with Crippen LogP contribution in [0.2, 0.25) is 0 Å². The topological polar surface area (TPSA) is 194 Å². The van der Waals surface area contributed by atoms with Gasteiger partial charge in [0.25, 0.3) is 5.91 Å². The van der Waals surface area contributed by atoms with E-state index in [9.17, 15) is 29.4 Å². The van der Waals surface area contributed by atoms with Crippen LogP contribution in [0.4, 0.5) is 10.5 Å². The summed E-state index contributed by atoms with van der Waals surface area (Å²) in [6.45, 7) is 3.36. The van der Waals surface area contributed by atoms with Crippen molar-refractivity contribution in [3.8, 4) is 22.9 Å². The summed E-state index contributed by atoms with van der Waals surface area (Å²) in [6.07, 6.45) is 2.02. The third kappa shape index (κ3) is 8.32. The average molecular weight is 622 g/mol. The van der Waals surface area contributed by atoms with Crippen molar-refractivity contribution in [1.29, 1.82) is 0 Å². The maximum absolute atomic E-state index is 13.2. The van der Waals surface area contributed by atoms with Gasteiger partial charge < -0.3 is 36.6 Å². The Kier molecular flexibility index (Phi) is 11.4. The van der Waals surface area contributed by atoms with Crippen molar-refractivity contribution in [2.24, 2.45) is 5.73 Å². The quantitative estimate of drug-likeness (QED) is 0.109. The number of fused-ring (bicyclic) bond motifs is 3. The number of ether oxygens (including phenoxy) is 1. The molecule has 1 aliphatic rings. The lowest BCUT2D eigenvalue weighted by atomic mass is 9.96. The molecule has 0 spiro atoms. The Morgan fingerprint density at radius 3 is 2.36 bits per heavy atom. The third-order valence-corrected chi connectivity index (χ3v) is 7.35. The van der Waals surface area contributed by atoms with Crippen molar-refractivity contribution >= 4 is 29.6 Å². The molecule has 1 unspecified atom stereocenters. The van der Waals surface area contributed by atoms with Gasteiger partial charge in [0.1, 0.15) is 6.61 Å². The molecule has 4 rings (SSSR count). The molecule has 0 radical (unpaired) electrons. The zero-order valence-corrected chi connectivity index (χ0v) is 25.1. The second-order valence-corrected chi connectivity index (χ2v) is 10.6. The van der Waals surface area contributed by atoms with Gasteiger partial charge in [0.2, 0.25) is 23.6 Å². The van der Waals surface area contributed by atoms with E-state index >= 15 is 0 Å². The molecule has 0 saturated carbocycles. The molecule has 0 fully saturated rings. The Morgan fingerprint density at radius 2 is 1.62 bits per heavy atom. The Labute approximate surface area is 260 Å². The minimum absolute atomic E-state index is 0.135. The maximum Gasteiger partial charge on any atom is 0.534 e. The van der Waals surface area contributed by atoms with Crippen LogP contribution in [0.25, 0.3) is 11.1 Å². The fourth-order valence-electron chi connectivity index (χ4n) is 5.13. The molecule has 3 amide bonds. The first kappa shape index (κ1) is 32.9. The second-order valence-electron chi connectivity index (χ2n) is 10.6. The van der Waals surface area contributed by atoms with Crippen LogP contribution in [-0.4, -0.2) is 65.1 Å². The molecule has 45 heavy (non-hydrogen) atoms. The number of benzene rings is 2. The van der Waals surface area contributed by atoms with E-state index in [1.807, 2.05) is 19.1 Å². The largest absolute Gasteiger partial charge is 0.534 e. The van der Waals surface area contributed by atoms with E-state index in [-0.39, 0.29) is 37.2 Å². The van der Waals surface area contributed by atoms with Crippen LogP contribution < -0.4 is 26.5 Å². The number of anilines is 1. The van der Waals surface area contributed by atoms with Gasteiger partial charge in [0.15, 0.2) is 0 Å². The summed E-state index contributed by atoms with van der Waals surface area (Å²) < 4.78 is 5.92. The summed E-state index contributed by atoms with van der Waals surface area (Å²) in [6, 6.07) is 13.0. The number of hydrogen-bond acceptors (Lipinski definition) is 9. The van der Waals surface area contributed by atoms with Gasteiger partial charge in [-0.15, -0.1) is 4.73 Å². The number of aromatic nitrogens is 1. The first-order valence-corrected chi connectivity index (χ1v) is 15.0. The predicted octanol–water partition coefficient (Wildman–Crippen LogP) is 3.38. The number of carbonyl (C=O) groups is 4. The highest BCUT2D eigenvalue weighted by atomic mass is 16.8. The van der Waals surface area contributed by atoms with Crippen LogP contribution in [-0.2, 0) is 14.3 Å².